The number of hydrogen-bond acceptors (Lipinski definition) is 4. The lowest BCUT2D eigenvalue weighted by Crippen LogP contribution is -2.32. The molecule has 0 aliphatic carbocycles. The van der Waals surface area contributed by atoms with E-state index in [1.54, 1.807) is 13.1 Å². The minimum Gasteiger partial charge on any atom is -0.358 e. The maximum absolute atomic E-state index is 12.6. The van der Waals surface area contributed by atoms with Gasteiger partial charge in [0.05, 0.1) is 11.6 Å². The van der Waals surface area contributed by atoms with Crippen LogP contribution < -0.4 is 16.0 Å². The number of nitrogens with one attached hydrogen (secondary N) is 3. The first-order chi connectivity index (χ1) is 13.6. The second kappa shape index (κ2) is 7.85. The lowest BCUT2D eigenvalue weighted by molar-refractivity contribution is -0.121. The van der Waals surface area contributed by atoms with Crippen LogP contribution in [0.4, 0.5) is 5.69 Å². The molecule has 1 saturated heterocycles. The third kappa shape index (κ3) is 3.77. The highest BCUT2D eigenvalue weighted by Crippen LogP contribution is 2.21. The van der Waals surface area contributed by atoms with Crippen LogP contribution in [-0.4, -0.2) is 46.3 Å². The lowest BCUT2D eigenvalue weighted by atomic mass is 10.1. The van der Waals surface area contributed by atoms with Crippen molar-refractivity contribution in [3.8, 4) is 0 Å². The number of rotatable bonds is 5. The summed E-state index contributed by atoms with van der Waals surface area (Å²) in [5.74, 6) is -0.319. The van der Waals surface area contributed by atoms with E-state index in [0.717, 1.165) is 36.8 Å². The van der Waals surface area contributed by atoms with Crippen LogP contribution in [0.25, 0.3) is 10.9 Å². The fourth-order valence-electron chi connectivity index (χ4n) is 3.55. The minimum absolute atomic E-state index is 0.0744. The van der Waals surface area contributed by atoms with Gasteiger partial charge in [-0.25, -0.2) is 0 Å². The van der Waals surface area contributed by atoms with Crippen LogP contribution in [0, 0.1) is 0 Å². The number of fused-ring (bicyclic) bond motifs is 1. The van der Waals surface area contributed by atoms with Crippen LogP contribution >= 0.6 is 0 Å². The summed E-state index contributed by atoms with van der Waals surface area (Å²) in [5.41, 5.74) is 1.95. The molecule has 0 saturated carbocycles. The summed E-state index contributed by atoms with van der Waals surface area (Å²) in [5, 5.41) is 14.4. The predicted octanol–water partition coefficient (Wildman–Crippen LogP) is 1.76. The Hall–Kier alpha value is -3.13. The Morgan fingerprint density at radius 3 is 2.93 bits per heavy atom. The first-order valence-electron chi connectivity index (χ1n) is 9.51. The molecule has 0 bridgehead atoms. The Bertz CT molecular complexity index is 999. The van der Waals surface area contributed by atoms with Crippen molar-refractivity contribution >= 4 is 28.4 Å². The summed E-state index contributed by atoms with van der Waals surface area (Å²) in [6.45, 7) is 2.15. The van der Waals surface area contributed by atoms with E-state index in [0.29, 0.717) is 17.4 Å². The minimum atomic E-state index is -0.244. The Balaban J connectivity index is 1.49. The van der Waals surface area contributed by atoms with E-state index in [-0.39, 0.29) is 18.4 Å². The fourth-order valence-corrected chi connectivity index (χ4v) is 3.55. The van der Waals surface area contributed by atoms with Gasteiger partial charge < -0.3 is 20.5 Å². The average molecular weight is 380 g/mol. The molecule has 1 unspecified atom stereocenters. The Labute approximate surface area is 162 Å². The van der Waals surface area contributed by atoms with Crippen molar-refractivity contribution in [1.29, 1.82) is 0 Å². The quantitative estimate of drug-likeness (QED) is 0.629. The third-order valence-corrected chi connectivity index (χ3v) is 5.11. The van der Waals surface area contributed by atoms with Crippen LogP contribution in [0.1, 0.15) is 29.4 Å². The molecule has 3 aromatic rings. The van der Waals surface area contributed by atoms with E-state index >= 15 is 0 Å². The molecular formula is C20H24N6O2. The van der Waals surface area contributed by atoms with Crippen molar-refractivity contribution < 1.29 is 9.59 Å². The molecular weight excluding hydrogens is 356 g/mol. The fraction of sp³-hybridized carbons (Fsp3) is 0.350. The number of benzene rings is 1. The number of aromatic nitrogens is 3. The smallest absolute Gasteiger partial charge is 0.276 e. The van der Waals surface area contributed by atoms with Gasteiger partial charge in [0.25, 0.3) is 5.91 Å². The van der Waals surface area contributed by atoms with Crippen molar-refractivity contribution in [3.63, 3.8) is 0 Å². The van der Waals surface area contributed by atoms with E-state index in [1.807, 2.05) is 45.9 Å². The number of likely N-dealkylation sites (N-methyl/N-ethyl adjacent to an activating group) is 1. The summed E-state index contributed by atoms with van der Waals surface area (Å²) in [7, 11) is 1.61. The molecule has 4 rings (SSSR count). The molecule has 2 aromatic heterocycles. The standard InChI is InChI=1S/C20H24N6O2/c1-21-19(27)13-25-9-6-14-4-5-15(11-18(14)25)23-20(28)17-7-10-26(24-17)16-3-2-8-22-12-16/h4-7,9-11,16,22H,2-3,8,12-13H2,1H3,(H,21,27)(H,23,28). The van der Waals surface area contributed by atoms with Gasteiger partial charge in [0.15, 0.2) is 5.69 Å². The maximum atomic E-state index is 12.6. The Morgan fingerprint density at radius 1 is 1.25 bits per heavy atom. The number of carbonyl (C=O) groups is 2. The summed E-state index contributed by atoms with van der Waals surface area (Å²) in [6, 6.07) is 9.64. The van der Waals surface area contributed by atoms with Crippen LogP contribution in [-0.2, 0) is 11.3 Å². The molecule has 1 fully saturated rings. The van der Waals surface area contributed by atoms with Gasteiger partial charge in [0, 0.05) is 31.7 Å². The molecule has 146 valence electrons. The molecule has 1 aromatic carbocycles. The van der Waals surface area contributed by atoms with Gasteiger partial charge in [-0.2, -0.15) is 5.10 Å². The Morgan fingerprint density at radius 2 is 2.14 bits per heavy atom. The van der Waals surface area contributed by atoms with Crippen molar-refractivity contribution in [1.82, 2.24) is 25.0 Å². The number of amides is 2. The van der Waals surface area contributed by atoms with Crippen LogP contribution in [0.3, 0.4) is 0 Å². The van der Waals surface area contributed by atoms with Crippen LogP contribution in [0.5, 0.6) is 0 Å². The molecule has 8 heteroatoms. The highest BCUT2D eigenvalue weighted by Gasteiger charge is 2.18. The van der Waals surface area contributed by atoms with Gasteiger partial charge in [-0.3, -0.25) is 14.3 Å². The molecule has 3 N–H and O–H groups in total. The lowest BCUT2D eigenvalue weighted by Gasteiger charge is -2.22. The second-order valence-corrected chi connectivity index (χ2v) is 7.03. The number of piperidine rings is 1. The number of hydrogen-bond donors (Lipinski definition) is 3. The van der Waals surface area contributed by atoms with Crippen LogP contribution in [0.2, 0.25) is 0 Å². The number of anilines is 1. The molecule has 0 spiro atoms. The van der Waals surface area contributed by atoms with E-state index in [4.69, 9.17) is 0 Å². The monoisotopic (exact) mass is 380 g/mol. The zero-order valence-electron chi connectivity index (χ0n) is 15.8. The predicted molar refractivity (Wildman–Crippen MR) is 107 cm³/mol. The molecule has 1 aliphatic rings. The van der Waals surface area contributed by atoms with E-state index < -0.39 is 0 Å². The van der Waals surface area contributed by atoms with Gasteiger partial charge in [-0.1, -0.05) is 6.07 Å². The summed E-state index contributed by atoms with van der Waals surface area (Å²) >= 11 is 0. The summed E-state index contributed by atoms with van der Waals surface area (Å²) in [6.07, 6.45) is 5.91. The SMILES string of the molecule is CNC(=O)Cn1ccc2ccc(NC(=O)c3ccn(C4CCCNC4)n3)cc21. The molecule has 0 radical (unpaired) electrons. The average Bonchev–Trinajstić information content (AvgIpc) is 3.36. The molecule has 28 heavy (non-hydrogen) atoms. The molecule has 8 nitrogen and oxygen atoms in total. The zero-order valence-corrected chi connectivity index (χ0v) is 15.8. The van der Waals surface area contributed by atoms with Gasteiger partial charge in [0.1, 0.15) is 6.54 Å². The highest BCUT2D eigenvalue weighted by atomic mass is 16.2. The third-order valence-electron chi connectivity index (χ3n) is 5.11. The van der Waals surface area contributed by atoms with E-state index in [1.165, 1.54) is 0 Å². The van der Waals surface area contributed by atoms with E-state index in [9.17, 15) is 9.59 Å². The molecule has 2 amide bonds. The topological polar surface area (TPSA) is 93.0 Å². The highest BCUT2D eigenvalue weighted by molar-refractivity contribution is 6.03. The van der Waals surface area contributed by atoms with Crippen molar-refractivity contribution in [3.05, 3.63) is 48.4 Å². The first kappa shape index (κ1) is 18.2. The maximum Gasteiger partial charge on any atom is 0.276 e. The number of carbonyl (C=O) groups excluding carboxylic acids is 2. The van der Waals surface area contributed by atoms with Gasteiger partial charge in [-0.15, -0.1) is 0 Å². The second-order valence-electron chi connectivity index (χ2n) is 7.03. The number of nitrogens with zero attached hydrogens (tertiary/aromatic N) is 3. The van der Waals surface area contributed by atoms with Gasteiger partial charge >= 0.3 is 0 Å². The summed E-state index contributed by atoms with van der Waals surface area (Å²) < 4.78 is 3.73. The Kier molecular flexibility index (Phi) is 5.12. The molecule has 1 atom stereocenters. The van der Waals surface area contributed by atoms with Gasteiger partial charge in [0.2, 0.25) is 5.91 Å². The normalized spacial score (nSPS) is 16.8. The van der Waals surface area contributed by atoms with Gasteiger partial charge in [-0.05, 0) is 49.0 Å². The summed E-state index contributed by atoms with van der Waals surface area (Å²) in [4.78, 5) is 24.3. The zero-order chi connectivity index (χ0) is 19.5. The largest absolute Gasteiger partial charge is 0.358 e. The van der Waals surface area contributed by atoms with Crippen LogP contribution in [0.15, 0.2) is 42.7 Å². The van der Waals surface area contributed by atoms with E-state index in [2.05, 4.69) is 21.0 Å². The van der Waals surface area contributed by atoms with Crippen molar-refractivity contribution in [2.75, 3.05) is 25.5 Å². The van der Waals surface area contributed by atoms with Crippen molar-refractivity contribution in [2.45, 2.75) is 25.4 Å². The molecule has 3 heterocycles. The molecule has 1 aliphatic heterocycles. The first-order valence-corrected chi connectivity index (χ1v) is 9.51. The van der Waals surface area contributed by atoms with Crippen molar-refractivity contribution in [2.24, 2.45) is 0 Å².